The summed E-state index contributed by atoms with van der Waals surface area (Å²) >= 11 is 1.85. The highest BCUT2D eigenvalue weighted by Crippen LogP contribution is 2.27. The van der Waals surface area contributed by atoms with Gasteiger partial charge < -0.3 is 14.8 Å². The standard InChI is InChI=1S/C16H24N2O2S/c1-11(2)7-14-10-18-16(21-14)17-9-12-5-6-13(19-3)8-15(12)20-4/h5-6,8,11,14H,7,9-10H2,1-4H3,(H,17,18). The lowest BCUT2D eigenvalue weighted by Gasteiger charge is -2.13. The number of amidine groups is 1. The molecule has 1 aromatic rings. The number of aliphatic imine (C=N–C) groups is 1. The van der Waals surface area contributed by atoms with Gasteiger partial charge in [-0.3, -0.25) is 4.99 Å². The molecular formula is C16H24N2O2S. The second kappa shape index (κ2) is 7.59. The van der Waals surface area contributed by atoms with Crippen molar-refractivity contribution in [2.24, 2.45) is 10.9 Å². The van der Waals surface area contributed by atoms with Gasteiger partial charge >= 0.3 is 0 Å². The lowest BCUT2D eigenvalue weighted by molar-refractivity contribution is 0.390. The molecule has 21 heavy (non-hydrogen) atoms. The van der Waals surface area contributed by atoms with Crippen LogP contribution in [0.2, 0.25) is 0 Å². The topological polar surface area (TPSA) is 42.8 Å². The molecule has 0 aromatic heterocycles. The van der Waals surface area contributed by atoms with E-state index < -0.39 is 0 Å². The van der Waals surface area contributed by atoms with Gasteiger partial charge in [-0.05, 0) is 24.5 Å². The van der Waals surface area contributed by atoms with Crippen molar-refractivity contribution in [3.8, 4) is 11.5 Å². The van der Waals surface area contributed by atoms with Crippen molar-refractivity contribution in [2.75, 3.05) is 20.8 Å². The van der Waals surface area contributed by atoms with E-state index in [0.717, 1.165) is 34.7 Å². The van der Waals surface area contributed by atoms with Crippen molar-refractivity contribution < 1.29 is 9.47 Å². The molecule has 116 valence electrons. The first-order chi connectivity index (χ1) is 10.1. The number of ether oxygens (including phenoxy) is 2. The van der Waals surface area contributed by atoms with Gasteiger partial charge in [0, 0.05) is 23.4 Å². The van der Waals surface area contributed by atoms with E-state index in [1.165, 1.54) is 6.42 Å². The van der Waals surface area contributed by atoms with E-state index in [0.29, 0.717) is 11.8 Å². The number of hydrogen-bond acceptors (Lipinski definition) is 5. The van der Waals surface area contributed by atoms with E-state index in [1.54, 1.807) is 14.2 Å². The maximum Gasteiger partial charge on any atom is 0.157 e. The summed E-state index contributed by atoms with van der Waals surface area (Å²) in [7, 11) is 3.34. The predicted octanol–water partition coefficient (Wildman–Crippen LogP) is 3.31. The van der Waals surface area contributed by atoms with Crippen LogP contribution >= 0.6 is 11.8 Å². The fourth-order valence-corrected chi connectivity index (χ4v) is 3.58. The molecule has 1 heterocycles. The van der Waals surface area contributed by atoms with E-state index in [4.69, 9.17) is 9.47 Å². The van der Waals surface area contributed by atoms with Crippen LogP contribution in [0.15, 0.2) is 23.2 Å². The van der Waals surface area contributed by atoms with E-state index in [1.807, 2.05) is 30.0 Å². The first-order valence-electron chi connectivity index (χ1n) is 7.28. The third-order valence-corrected chi connectivity index (χ3v) is 4.55. The minimum atomic E-state index is 0.616. The van der Waals surface area contributed by atoms with Gasteiger partial charge in [0.05, 0.1) is 20.8 Å². The van der Waals surface area contributed by atoms with Crippen LogP contribution in [0.3, 0.4) is 0 Å². The normalized spacial score (nSPS) is 17.8. The van der Waals surface area contributed by atoms with Crippen LogP contribution in [-0.2, 0) is 6.54 Å². The molecule has 1 aliphatic heterocycles. The third-order valence-electron chi connectivity index (χ3n) is 3.38. The molecule has 5 heteroatoms. The minimum absolute atomic E-state index is 0.616. The Balaban J connectivity index is 1.89. The largest absolute Gasteiger partial charge is 0.497 e. The second-order valence-electron chi connectivity index (χ2n) is 5.55. The summed E-state index contributed by atoms with van der Waals surface area (Å²) in [6.07, 6.45) is 1.21. The first kappa shape index (κ1) is 16.0. The lowest BCUT2D eigenvalue weighted by atomic mass is 10.1. The molecular weight excluding hydrogens is 284 g/mol. The molecule has 0 amide bonds. The zero-order valence-corrected chi connectivity index (χ0v) is 14.0. The monoisotopic (exact) mass is 308 g/mol. The Morgan fingerprint density at radius 1 is 1.33 bits per heavy atom. The molecule has 1 atom stereocenters. The van der Waals surface area contributed by atoms with Crippen molar-refractivity contribution in [2.45, 2.75) is 32.1 Å². The molecule has 1 N–H and O–H groups in total. The maximum absolute atomic E-state index is 5.41. The van der Waals surface area contributed by atoms with Gasteiger partial charge in [-0.2, -0.15) is 0 Å². The van der Waals surface area contributed by atoms with Crippen LogP contribution < -0.4 is 14.8 Å². The highest BCUT2D eigenvalue weighted by Gasteiger charge is 2.20. The number of nitrogens with one attached hydrogen (secondary N) is 1. The molecule has 1 aliphatic rings. The second-order valence-corrected chi connectivity index (χ2v) is 6.84. The Hall–Kier alpha value is -1.36. The van der Waals surface area contributed by atoms with Crippen molar-refractivity contribution in [3.63, 3.8) is 0 Å². The molecule has 4 nitrogen and oxygen atoms in total. The number of thioether (sulfide) groups is 1. The van der Waals surface area contributed by atoms with Crippen LogP contribution in [-0.4, -0.2) is 31.2 Å². The van der Waals surface area contributed by atoms with E-state index in [-0.39, 0.29) is 0 Å². The average Bonchev–Trinajstić information content (AvgIpc) is 2.91. The number of nitrogens with zero attached hydrogens (tertiary/aromatic N) is 1. The maximum atomic E-state index is 5.41. The van der Waals surface area contributed by atoms with Gasteiger partial charge in [-0.25, -0.2) is 0 Å². The number of methoxy groups -OCH3 is 2. The number of rotatable bonds is 6. The quantitative estimate of drug-likeness (QED) is 0.875. The molecule has 1 unspecified atom stereocenters. The lowest BCUT2D eigenvalue weighted by Crippen LogP contribution is -2.19. The van der Waals surface area contributed by atoms with Gasteiger partial charge in [0.25, 0.3) is 0 Å². The van der Waals surface area contributed by atoms with Crippen LogP contribution in [0.25, 0.3) is 0 Å². The highest BCUT2D eigenvalue weighted by molar-refractivity contribution is 8.14. The Morgan fingerprint density at radius 2 is 2.14 bits per heavy atom. The predicted molar refractivity (Wildman–Crippen MR) is 89.5 cm³/mol. The summed E-state index contributed by atoms with van der Waals surface area (Å²) in [6, 6.07) is 5.88. The molecule has 0 spiro atoms. The van der Waals surface area contributed by atoms with E-state index in [2.05, 4.69) is 24.2 Å². The molecule has 0 saturated carbocycles. The zero-order valence-electron chi connectivity index (χ0n) is 13.2. The van der Waals surface area contributed by atoms with Gasteiger partial charge in [-0.1, -0.05) is 25.6 Å². The Morgan fingerprint density at radius 3 is 2.81 bits per heavy atom. The fraction of sp³-hybridized carbons (Fsp3) is 0.562. The van der Waals surface area contributed by atoms with Gasteiger partial charge in [0.2, 0.25) is 0 Å². The minimum Gasteiger partial charge on any atom is -0.497 e. The molecule has 2 rings (SSSR count). The molecule has 1 aromatic carbocycles. The van der Waals surface area contributed by atoms with Crippen LogP contribution in [0.1, 0.15) is 25.8 Å². The SMILES string of the molecule is COc1ccc(CNC2=NCC(CC(C)C)S2)c(OC)c1. The summed E-state index contributed by atoms with van der Waals surface area (Å²) in [6.45, 7) is 6.15. The molecule has 0 fully saturated rings. The number of benzene rings is 1. The van der Waals surface area contributed by atoms with E-state index in [9.17, 15) is 0 Å². The van der Waals surface area contributed by atoms with Crippen molar-refractivity contribution in [1.29, 1.82) is 0 Å². The van der Waals surface area contributed by atoms with Crippen LogP contribution in [0.5, 0.6) is 11.5 Å². The summed E-state index contributed by atoms with van der Waals surface area (Å²) in [5.41, 5.74) is 1.11. The zero-order chi connectivity index (χ0) is 15.2. The fourth-order valence-electron chi connectivity index (χ4n) is 2.33. The van der Waals surface area contributed by atoms with Crippen molar-refractivity contribution in [3.05, 3.63) is 23.8 Å². The summed E-state index contributed by atoms with van der Waals surface area (Å²) in [5.74, 6) is 2.36. The van der Waals surface area contributed by atoms with Crippen molar-refractivity contribution >= 4 is 16.9 Å². The average molecular weight is 308 g/mol. The molecule has 0 bridgehead atoms. The highest BCUT2D eigenvalue weighted by atomic mass is 32.2. The molecule has 0 radical (unpaired) electrons. The third kappa shape index (κ3) is 4.56. The van der Waals surface area contributed by atoms with E-state index >= 15 is 0 Å². The first-order valence-corrected chi connectivity index (χ1v) is 8.16. The summed E-state index contributed by atoms with van der Waals surface area (Å²) in [5, 5.41) is 5.06. The summed E-state index contributed by atoms with van der Waals surface area (Å²) < 4.78 is 10.6. The van der Waals surface area contributed by atoms with Gasteiger partial charge in [-0.15, -0.1) is 0 Å². The Labute approximate surface area is 131 Å². The van der Waals surface area contributed by atoms with Gasteiger partial charge in [0.15, 0.2) is 5.17 Å². The van der Waals surface area contributed by atoms with Crippen LogP contribution in [0, 0.1) is 5.92 Å². The summed E-state index contributed by atoms with van der Waals surface area (Å²) in [4.78, 5) is 4.58. The van der Waals surface area contributed by atoms with Gasteiger partial charge in [0.1, 0.15) is 11.5 Å². The molecule has 0 saturated heterocycles. The number of hydrogen-bond donors (Lipinski definition) is 1. The van der Waals surface area contributed by atoms with Crippen LogP contribution in [0.4, 0.5) is 0 Å². The smallest absolute Gasteiger partial charge is 0.157 e. The molecule has 0 aliphatic carbocycles. The van der Waals surface area contributed by atoms with Crippen molar-refractivity contribution in [1.82, 2.24) is 5.32 Å². The Kier molecular flexibility index (Phi) is 5.79. The Bertz CT molecular complexity index is 503.